The number of aromatic nitrogens is 2. The van der Waals surface area contributed by atoms with Crippen LogP contribution < -0.4 is 16.2 Å². The highest BCUT2D eigenvalue weighted by Gasteiger charge is 2.25. The number of amides is 1. The summed E-state index contributed by atoms with van der Waals surface area (Å²) in [6, 6.07) is 11.0. The van der Waals surface area contributed by atoms with Gasteiger partial charge in [0.15, 0.2) is 0 Å². The third-order valence-corrected chi connectivity index (χ3v) is 6.10. The number of hydrogen-bond donors (Lipinski definition) is 1. The summed E-state index contributed by atoms with van der Waals surface area (Å²) in [7, 11) is 0. The van der Waals surface area contributed by atoms with Crippen LogP contribution in [0.2, 0.25) is 0 Å². The summed E-state index contributed by atoms with van der Waals surface area (Å²) in [4.78, 5) is 32.8. The Kier molecular flexibility index (Phi) is 5.52. The Morgan fingerprint density at radius 1 is 1.00 bits per heavy atom. The van der Waals surface area contributed by atoms with Gasteiger partial charge < -0.3 is 10.6 Å². The van der Waals surface area contributed by atoms with Crippen molar-refractivity contribution >= 4 is 40.6 Å². The maximum absolute atomic E-state index is 13.3. The highest BCUT2D eigenvalue weighted by Crippen LogP contribution is 2.32. The smallest absolute Gasteiger partial charge is 0.261 e. The maximum atomic E-state index is 13.3. The van der Waals surface area contributed by atoms with Crippen LogP contribution in [0.1, 0.15) is 47.4 Å². The van der Waals surface area contributed by atoms with Gasteiger partial charge in [0.25, 0.3) is 11.5 Å². The summed E-state index contributed by atoms with van der Waals surface area (Å²) in [6.07, 6.45) is 5.74. The predicted octanol–water partition coefficient (Wildman–Crippen LogP) is 3.72. The molecule has 2 aliphatic rings. The van der Waals surface area contributed by atoms with Gasteiger partial charge in [0.1, 0.15) is 5.82 Å². The molecule has 0 bridgehead atoms. The van der Waals surface area contributed by atoms with Gasteiger partial charge in [-0.25, -0.2) is 4.98 Å². The molecule has 3 heterocycles. The zero-order chi connectivity index (χ0) is 20.0. The Morgan fingerprint density at radius 3 is 2.73 bits per heavy atom. The van der Waals surface area contributed by atoms with Crippen molar-refractivity contribution in [1.82, 2.24) is 9.55 Å². The SMILES string of the molecule is Cl.Nc1cccc2c1CCCN2C(=O)c1ccc2c(=O)n3c(nc2c1)CCCCC3. The zero-order valence-corrected chi connectivity index (χ0v) is 17.6. The van der Waals surface area contributed by atoms with Crippen LogP contribution in [-0.2, 0) is 19.4 Å². The van der Waals surface area contributed by atoms with Crippen molar-refractivity contribution in [3.05, 3.63) is 63.7 Å². The molecule has 0 fully saturated rings. The van der Waals surface area contributed by atoms with Crippen LogP contribution in [-0.4, -0.2) is 22.0 Å². The summed E-state index contributed by atoms with van der Waals surface area (Å²) in [5.74, 6) is 0.760. The molecule has 2 aromatic carbocycles. The number of carbonyl (C=O) groups is 1. The average molecular weight is 425 g/mol. The number of benzene rings is 2. The molecule has 0 aliphatic carbocycles. The number of hydrogen-bond acceptors (Lipinski definition) is 4. The second-order valence-electron chi connectivity index (χ2n) is 7.93. The summed E-state index contributed by atoms with van der Waals surface area (Å²) in [5, 5.41) is 0.579. The van der Waals surface area contributed by atoms with Gasteiger partial charge >= 0.3 is 0 Å². The molecule has 0 saturated carbocycles. The van der Waals surface area contributed by atoms with E-state index >= 15 is 0 Å². The number of aryl methyl sites for hydroxylation is 1. The van der Waals surface area contributed by atoms with Gasteiger partial charge in [0.2, 0.25) is 0 Å². The molecule has 2 N–H and O–H groups in total. The van der Waals surface area contributed by atoms with Crippen molar-refractivity contribution in [2.45, 2.75) is 45.1 Å². The van der Waals surface area contributed by atoms with Crippen molar-refractivity contribution in [2.75, 3.05) is 17.2 Å². The fourth-order valence-corrected chi connectivity index (χ4v) is 4.57. The van der Waals surface area contributed by atoms with E-state index in [1.54, 1.807) is 27.7 Å². The van der Waals surface area contributed by atoms with Gasteiger partial charge in [-0.15, -0.1) is 12.4 Å². The van der Waals surface area contributed by atoms with Gasteiger partial charge in [-0.2, -0.15) is 0 Å². The molecule has 1 aromatic heterocycles. The fraction of sp³-hybridized carbons (Fsp3) is 0.348. The topological polar surface area (TPSA) is 81.2 Å². The Balaban J connectivity index is 0.00000218. The first kappa shape index (κ1) is 20.4. The van der Waals surface area contributed by atoms with Crippen LogP contribution in [0, 0.1) is 0 Å². The number of anilines is 2. The minimum absolute atomic E-state index is 0. The molecule has 0 radical (unpaired) electrons. The normalized spacial score (nSPS) is 15.7. The number of carbonyl (C=O) groups excluding carboxylic acids is 1. The minimum atomic E-state index is -0.0738. The van der Waals surface area contributed by atoms with E-state index in [1.165, 1.54) is 0 Å². The van der Waals surface area contributed by atoms with Gasteiger partial charge in [-0.05, 0) is 61.6 Å². The summed E-state index contributed by atoms with van der Waals surface area (Å²) in [5.41, 5.74) is 9.95. The van der Waals surface area contributed by atoms with Crippen LogP contribution in [0.3, 0.4) is 0 Å². The molecule has 7 heteroatoms. The van der Waals surface area contributed by atoms with Crippen molar-refractivity contribution in [1.29, 1.82) is 0 Å². The largest absolute Gasteiger partial charge is 0.398 e. The van der Waals surface area contributed by atoms with E-state index in [2.05, 4.69) is 0 Å². The van der Waals surface area contributed by atoms with Gasteiger partial charge in [0.05, 0.1) is 10.9 Å². The number of rotatable bonds is 1. The third-order valence-electron chi connectivity index (χ3n) is 6.10. The standard InChI is InChI=1S/C23H24N4O2.ClH/c24-18-7-4-8-20-16(18)6-5-13-26(20)22(28)15-10-11-17-19(14-15)25-21-9-2-1-3-12-27(21)23(17)29;/h4,7-8,10-11,14H,1-3,5-6,9,12-13,24H2;1H. The Bertz CT molecular complexity index is 1190. The molecule has 3 aromatic rings. The molecule has 0 spiro atoms. The molecule has 0 saturated heterocycles. The van der Waals surface area contributed by atoms with E-state index in [9.17, 15) is 9.59 Å². The third kappa shape index (κ3) is 3.35. The van der Waals surface area contributed by atoms with Crippen molar-refractivity contribution in [2.24, 2.45) is 0 Å². The monoisotopic (exact) mass is 424 g/mol. The number of nitrogens with zero attached hydrogens (tertiary/aromatic N) is 3. The second kappa shape index (κ2) is 8.11. The molecule has 2 aliphatic heterocycles. The van der Waals surface area contributed by atoms with E-state index in [0.717, 1.165) is 67.8 Å². The quantitative estimate of drug-likeness (QED) is 0.603. The minimum Gasteiger partial charge on any atom is -0.398 e. The summed E-state index contributed by atoms with van der Waals surface area (Å²) in [6.45, 7) is 1.39. The average Bonchev–Trinajstić information content (AvgIpc) is 2.99. The first-order valence-electron chi connectivity index (χ1n) is 10.4. The zero-order valence-electron chi connectivity index (χ0n) is 16.8. The molecule has 0 unspecified atom stereocenters. The molecule has 0 atom stereocenters. The lowest BCUT2D eigenvalue weighted by atomic mass is 9.99. The number of nitrogens with two attached hydrogens (primary N) is 1. The number of fused-ring (bicyclic) bond motifs is 3. The lowest BCUT2D eigenvalue weighted by Gasteiger charge is -2.30. The molecule has 6 nitrogen and oxygen atoms in total. The predicted molar refractivity (Wildman–Crippen MR) is 122 cm³/mol. The lowest BCUT2D eigenvalue weighted by Crippen LogP contribution is -2.35. The van der Waals surface area contributed by atoms with Crippen LogP contribution in [0.15, 0.2) is 41.2 Å². The first-order chi connectivity index (χ1) is 14.1. The van der Waals surface area contributed by atoms with E-state index in [0.29, 0.717) is 23.0 Å². The van der Waals surface area contributed by atoms with Gasteiger partial charge in [-0.1, -0.05) is 12.5 Å². The molecule has 156 valence electrons. The van der Waals surface area contributed by atoms with Gasteiger partial charge in [0, 0.05) is 36.4 Å². The number of halogens is 1. The van der Waals surface area contributed by atoms with E-state index < -0.39 is 0 Å². The van der Waals surface area contributed by atoms with Crippen molar-refractivity contribution < 1.29 is 4.79 Å². The van der Waals surface area contributed by atoms with Crippen molar-refractivity contribution in [3.63, 3.8) is 0 Å². The molecule has 5 rings (SSSR count). The van der Waals surface area contributed by atoms with E-state index in [1.807, 2.05) is 18.2 Å². The summed E-state index contributed by atoms with van der Waals surface area (Å²) < 4.78 is 1.81. The Morgan fingerprint density at radius 2 is 1.87 bits per heavy atom. The Hall–Kier alpha value is -2.86. The van der Waals surface area contributed by atoms with Gasteiger partial charge in [-0.3, -0.25) is 14.2 Å². The highest BCUT2D eigenvalue weighted by atomic mass is 35.5. The second-order valence-corrected chi connectivity index (χ2v) is 7.93. The van der Waals surface area contributed by atoms with Crippen LogP contribution in [0.5, 0.6) is 0 Å². The van der Waals surface area contributed by atoms with E-state index in [4.69, 9.17) is 10.7 Å². The lowest BCUT2D eigenvalue weighted by molar-refractivity contribution is 0.0985. The maximum Gasteiger partial charge on any atom is 0.261 e. The first-order valence-corrected chi connectivity index (χ1v) is 10.4. The van der Waals surface area contributed by atoms with E-state index in [-0.39, 0.29) is 23.9 Å². The molecule has 1 amide bonds. The van der Waals surface area contributed by atoms with Crippen LogP contribution in [0.25, 0.3) is 10.9 Å². The van der Waals surface area contributed by atoms with Crippen molar-refractivity contribution in [3.8, 4) is 0 Å². The Labute approximate surface area is 181 Å². The number of nitrogen functional groups attached to an aromatic ring is 1. The summed E-state index contributed by atoms with van der Waals surface area (Å²) >= 11 is 0. The highest BCUT2D eigenvalue weighted by molar-refractivity contribution is 6.08. The van der Waals surface area contributed by atoms with Crippen LogP contribution in [0.4, 0.5) is 11.4 Å². The van der Waals surface area contributed by atoms with Crippen LogP contribution >= 0.6 is 12.4 Å². The fourth-order valence-electron chi connectivity index (χ4n) is 4.57. The molecular weight excluding hydrogens is 400 g/mol. The molecular formula is C23H25ClN4O2. The molecule has 30 heavy (non-hydrogen) atoms.